The molecule has 0 saturated heterocycles. The number of nitrogens with one attached hydrogen (secondary N) is 1. The van der Waals surface area contributed by atoms with Crippen molar-refractivity contribution in [2.24, 2.45) is 5.41 Å². The average molecular weight is 293 g/mol. The number of thioether (sulfide) groups is 1. The Balaban J connectivity index is 2.75. The van der Waals surface area contributed by atoms with Crippen LogP contribution in [0.15, 0.2) is 41.8 Å². The number of carbonyl (C=O) groups excluding carboxylic acids is 1. The molecule has 108 valence electrons. The predicted molar refractivity (Wildman–Crippen MR) is 82.0 cm³/mol. The fourth-order valence-electron chi connectivity index (χ4n) is 1.52. The van der Waals surface area contributed by atoms with Crippen LogP contribution in [-0.2, 0) is 9.59 Å². The van der Waals surface area contributed by atoms with Gasteiger partial charge < -0.3 is 10.4 Å². The number of para-hydroxylation sites is 1. The number of hydrogen-bond donors (Lipinski definition) is 2. The van der Waals surface area contributed by atoms with Crippen molar-refractivity contribution < 1.29 is 14.7 Å². The van der Waals surface area contributed by atoms with E-state index in [1.165, 1.54) is 13.8 Å². The number of benzene rings is 1. The van der Waals surface area contributed by atoms with Gasteiger partial charge >= 0.3 is 5.97 Å². The van der Waals surface area contributed by atoms with Crippen molar-refractivity contribution in [1.82, 2.24) is 0 Å². The van der Waals surface area contributed by atoms with Crippen molar-refractivity contribution in [3.63, 3.8) is 0 Å². The van der Waals surface area contributed by atoms with Gasteiger partial charge in [-0.25, -0.2) is 0 Å². The number of carboxylic acid groups (broad SMARTS) is 1. The highest BCUT2D eigenvalue weighted by Crippen LogP contribution is 2.28. The number of carboxylic acids is 1. The van der Waals surface area contributed by atoms with Crippen molar-refractivity contribution in [2.75, 3.05) is 11.1 Å². The van der Waals surface area contributed by atoms with Crippen LogP contribution in [0, 0.1) is 5.41 Å². The molecule has 0 atom stereocenters. The summed E-state index contributed by atoms with van der Waals surface area (Å²) >= 11 is 1.56. The van der Waals surface area contributed by atoms with Crippen LogP contribution in [-0.4, -0.2) is 22.7 Å². The van der Waals surface area contributed by atoms with Gasteiger partial charge in [0.25, 0.3) is 0 Å². The summed E-state index contributed by atoms with van der Waals surface area (Å²) in [6, 6.07) is 7.43. The van der Waals surface area contributed by atoms with Gasteiger partial charge in [0, 0.05) is 17.1 Å². The highest BCUT2D eigenvalue weighted by molar-refractivity contribution is 7.99. The van der Waals surface area contributed by atoms with E-state index in [9.17, 15) is 9.59 Å². The van der Waals surface area contributed by atoms with Gasteiger partial charge in [-0.1, -0.05) is 18.2 Å². The third-order valence-corrected chi connectivity index (χ3v) is 3.77. The Bertz CT molecular complexity index is 512. The van der Waals surface area contributed by atoms with Crippen LogP contribution < -0.4 is 5.32 Å². The Kier molecular flexibility index (Phi) is 5.82. The average Bonchev–Trinajstić information content (AvgIpc) is 2.36. The van der Waals surface area contributed by atoms with Crippen LogP contribution in [0.5, 0.6) is 0 Å². The predicted octanol–water partition coefficient (Wildman–Crippen LogP) is 3.40. The Morgan fingerprint density at radius 1 is 1.40 bits per heavy atom. The minimum Gasteiger partial charge on any atom is -0.481 e. The zero-order valence-electron chi connectivity index (χ0n) is 11.7. The first kappa shape index (κ1) is 16.3. The number of carbonyl (C=O) groups is 2. The lowest BCUT2D eigenvalue weighted by atomic mass is 9.89. The third kappa shape index (κ3) is 4.74. The largest absolute Gasteiger partial charge is 0.481 e. The fraction of sp³-hybridized carbons (Fsp3) is 0.333. The van der Waals surface area contributed by atoms with Gasteiger partial charge in [-0.3, -0.25) is 9.59 Å². The molecular formula is C15H19NO3S. The van der Waals surface area contributed by atoms with Gasteiger partial charge in [-0.2, -0.15) is 0 Å². The summed E-state index contributed by atoms with van der Waals surface area (Å²) in [6.07, 6.45) is 1.72. The van der Waals surface area contributed by atoms with Gasteiger partial charge in [0.1, 0.15) is 0 Å². The molecule has 0 aliphatic carbocycles. The summed E-state index contributed by atoms with van der Waals surface area (Å²) in [7, 11) is 0. The molecule has 0 spiro atoms. The zero-order chi connectivity index (χ0) is 15.2. The van der Waals surface area contributed by atoms with Crippen molar-refractivity contribution in [3.8, 4) is 0 Å². The molecule has 1 aromatic rings. The number of aliphatic carboxylic acids is 1. The zero-order valence-corrected chi connectivity index (χ0v) is 12.5. The van der Waals surface area contributed by atoms with E-state index in [1.54, 1.807) is 23.9 Å². The lowest BCUT2D eigenvalue weighted by Crippen LogP contribution is -2.29. The highest BCUT2D eigenvalue weighted by Gasteiger charge is 2.30. The van der Waals surface area contributed by atoms with E-state index in [-0.39, 0.29) is 12.3 Å². The molecular weight excluding hydrogens is 274 g/mol. The minimum absolute atomic E-state index is 0.0667. The monoisotopic (exact) mass is 293 g/mol. The molecule has 1 amide bonds. The maximum Gasteiger partial charge on any atom is 0.309 e. The van der Waals surface area contributed by atoms with Crippen molar-refractivity contribution in [2.45, 2.75) is 25.2 Å². The molecule has 0 aliphatic heterocycles. The van der Waals surface area contributed by atoms with Crippen LogP contribution in [0.4, 0.5) is 5.69 Å². The van der Waals surface area contributed by atoms with Gasteiger partial charge in [-0.15, -0.1) is 18.3 Å². The lowest BCUT2D eigenvalue weighted by molar-refractivity contribution is -0.148. The summed E-state index contributed by atoms with van der Waals surface area (Å²) in [5, 5.41) is 11.8. The molecule has 0 saturated carbocycles. The van der Waals surface area contributed by atoms with Crippen LogP contribution >= 0.6 is 11.8 Å². The lowest BCUT2D eigenvalue weighted by Gasteiger charge is -2.18. The number of hydrogen-bond acceptors (Lipinski definition) is 3. The molecule has 20 heavy (non-hydrogen) atoms. The van der Waals surface area contributed by atoms with E-state index >= 15 is 0 Å². The first-order valence-corrected chi connectivity index (χ1v) is 7.21. The molecule has 5 heteroatoms. The summed E-state index contributed by atoms with van der Waals surface area (Å²) < 4.78 is 0. The van der Waals surface area contributed by atoms with Crippen molar-refractivity contribution in [1.29, 1.82) is 0 Å². The molecule has 1 aromatic carbocycles. The van der Waals surface area contributed by atoms with Crippen molar-refractivity contribution >= 4 is 29.3 Å². The first-order valence-electron chi connectivity index (χ1n) is 6.23. The number of amides is 1. The second kappa shape index (κ2) is 7.14. The summed E-state index contributed by atoms with van der Waals surface area (Å²) in [4.78, 5) is 23.9. The molecule has 0 radical (unpaired) electrons. The molecule has 1 rings (SSSR count). The molecule has 0 aromatic heterocycles. The van der Waals surface area contributed by atoms with Crippen LogP contribution in [0.25, 0.3) is 0 Å². The van der Waals surface area contributed by atoms with E-state index in [4.69, 9.17) is 5.11 Å². The minimum atomic E-state index is -1.08. The summed E-state index contributed by atoms with van der Waals surface area (Å²) in [6.45, 7) is 6.73. The molecule has 0 fully saturated rings. The smallest absolute Gasteiger partial charge is 0.309 e. The van der Waals surface area contributed by atoms with E-state index in [1.807, 2.05) is 18.2 Å². The standard InChI is InChI=1S/C15H19NO3S/c1-4-9-20-12-8-6-5-7-11(12)16-13(17)10-15(2,3)14(18)19/h4-8H,1,9-10H2,2-3H3,(H,16,17)(H,18,19). The van der Waals surface area contributed by atoms with Crippen LogP contribution in [0.3, 0.4) is 0 Å². The molecule has 0 heterocycles. The van der Waals surface area contributed by atoms with Crippen LogP contribution in [0.1, 0.15) is 20.3 Å². The van der Waals surface area contributed by atoms with Gasteiger partial charge in [0.05, 0.1) is 11.1 Å². The SMILES string of the molecule is C=CCSc1ccccc1NC(=O)CC(C)(C)C(=O)O. The second-order valence-electron chi connectivity index (χ2n) is 5.01. The Labute approximate surface area is 123 Å². The Hall–Kier alpha value is -1.75. The maximum atomic E-state index is 12.0. The highest BCUT2D eigenvalue weighted by atomic mass is 32.2. The Morgan fingerprint density at radius 2 is 2.05 bits per heavy atom. The van der Waals surface area contributed by atoms with Gasteiger partial charge in [0.15, 0.2) is 0 Å². The van der Waals surface area contributed by atoms with Crippen LogP contribution in [0.2, 0.25) is 0 Å². The third-order valence-electron chi connectivity index (χ3n) is 2.70. The molecule has 0 aliphatic rings. The number of rotatable bonds is 7. The second-order valence-corrected chi connectivity index (χ2v) is 6.07. The quantitative estimate of drug-likeness (QED) is 0.597. The van der Waals surface area contributed by atoms with E-state index in [0.717, 1.165) is 10.6 Å². The molecule has 2 N–H and O–H groups in total. The Morgan fingerprint density at radius 3 is 2.65 bits per heavy atom. The van der Waals surface area contributed by atoms with E-state index < -0.39 is 11.4 Å². The number of anilines is 1. The topological polar surface area (TPSA) is 66.4 Å². The van der Waals surface area contributed by atoms with E-state index in [0.29, 0.717) is 5.69 Å². The fourth-order valence-corrected chi connectivity index (χ4v) is 2.26. The maximum absolute atomic E-state index is 12.0. The van der Waals surface area contributed by atoms with E-state index in [2.05, 4.69) is 11.9 Å². The molecule has 0 unspecified atom stereocenters. The van der Waals surface area contributed by atoms with Gasteiger partial charge in [0.2, 0.25) is 5.91 Å². The summed E-state index contributed by atoms with van der Waals surface area (Å²) in [5.74, 6) is -0.543. The molecule has 4 nitrogen and oxygen atoms in total. The van der Waals surface area contributed by atoms with Gasteiger partial charge in [-0.05, 0) is 26.0 Å². The van der Waals surface area contributed by atoms with Crippen molar-refractivity contribution in [3.05, 3.63) is 36.9 Å². The summed E-state index contributed by atoms with van der Waals surface area (Å²) in [5.41, 5.74) is -0.377. The first-order chi connectivity index (χ1) is 9.36. The molecule has 0 bridgehead atoms. The normalized spacial score (nSPS) is 10.9.